The maximum atomic E-state index is 13.7. The molecule has 5 rings (SSSR count). The molecule has 0 radical (unpaired) electrons. The van der Waals surface area contributed by atoms with Crippen LogP contribution in [0, 0.1) is 11.7 Å². The molecule has 1 fully saturated rings. The highest BCUT2D eigenvalue weighted by Crippen LogP contribution is 2.26. The number of fused-ring (bicyclic) bond motifs is 2. The molecule has 1 amide bonds. The Hall–Kier alpha value is -2.99. The van der Waals surface area contributed by atoms with Gasteiger partial charge >= 0.3 is 0 Å². The van der Waals surface area contributed by atoms with E-state index in [1.807, 2.05) is 0 Å². The third-order valence-electron chi connectivity index (χ3n) is 6.48. The first-order valence-corrected chi connectivity index (χ1v) is 11.9. The lowest BCUT2D eigenvalue weighted by Gasteiger charge is -2.18. The van der Waals surface area contributed by atoms with E-state index in [1.165, 1.54) is 16.7 Å². The summed E-state index contributed by atoms with van der Waals surface area (Å²) in [6.45, 7) is 2.89. The van der Waals surface area contributed by atoms with Crippen molar-refractivity contribution in [3.05, 3.63) is 57.1 Å². The van der Waals surface area contributed by atoms with Gasteiger partial charge in [0.05, 0.1) is 29.9 Å². The molecule has 0 bridgehead atoms. The van der Waals surface area contributed by atoms with Gasteiger partial charge in [0.15, 0.2) is 0 Å². The van der Waals surface area contributed by atoms with E-state index in [2.05, 4.69) is 30.5 Å². The van der Waals surface area contributed by atoms with Crippen LogP contribution in [0.25, 0.3) is 11.0 Å². The van der Waals surface area contributed by atoms with Crippen LogP contribution in [-0.2, 0) is 24.3 Å². The van der Waals surface area contributed by atoms with Gasteiger partial charge in [0.1, 0.15) is 22.6 Å². The lowest BCUT2D eigenvalue weighted by molar-refractivity contribution is -0.116. The number of amides is 1. The Balaban J connectivity index is 1.16. The van der Waals surface area contributed by atoms with E-state index in [-0.39, 0.29) is 17.4 Å². The zero-order valence-corrected chi connectivity index (χ0v) is 19.6. The summed E-state index contributed by atoms with van der Waals surface area (Å²) in [7, 11) is 0. The summed E-state index contributed by atoms with van der Waals surface area (Å²) >= 11 is 6.26. The SMILES string of the molecule is O=C1CCc2c(Cl)nc(CNC[C@H]3CN(CCn4c(=O)ccc5ncc(F)cc54)C[C@H]3O)nc2N1. The lowest BCUT2D eigenvalue weighted by Crippen LogP contribution is -2.31. The van der Waals surface area contributed by atoms with Crippen LogP contribution in [0.15, 0.2) is 29.2 Å². The van der Waals surface area contributed by atoms with Crippen LogP contribution in [0.5, 0.6) is 0 Å². The fourth-order valence-corrected chi connectivity index (χ4v) is 4.93. The van der Waals surface area contributed by atoms with Crippen molar-refractivity contribution in [3.63, 3.8) is 0 Å². The van der Waals surface area contributed by atoms with E-state index in [1.54, 1.807) is 6.07 Å². The number of nitrogens with zero attached hydrogens (tertiary/aromatic N) is 5. The van der Waals surface area contributed by atoms with Crippen LogP contribution < -0.4 is 16.2 Å². The third kappa shape index (κ3) is 5.18. The van der Waals surface area contributed by atoms with Crippen molar-refractivity contribution >= 4 is 34.4 Å². The summed E-state index contributed by atoms with van der Waals surface area (Å²) in [6.07, 6.45) is 1.49. The molecule has 5 heterocycles. The van der Waals surface area contributed by atoms with Gasteiger partial charge in [-0.15, -0.1) is 0 Å². The number of β-amino-alcohol motifs (C(OH)–C–C–N with tert-alkyl or cyclic N) is 1. The Bertz CT molecular complexity index is 1330. The van der Waals surface area contributed by atoms with Gasteiger partial charge < -0.3 is 20.3 Å². The topological polar surface area (TPSA) is 125 Å². The van der Waals surface area contributed by atoms with Crippen LogP contribution >= 0.6 is 11.6 Å². The molecular weight excluding hydrogens is 477 g/mol. The quantitative estimate of drug-likeness (QED) is 0.409. The predicted octanol–water partition coefficient (Wildman–Crippen LogP) is 0.946. The molecule has 3 aromatic heterocycles. The minimum Gasteiger partial charge on any atom is -0.391 e. The first-order chi connectivity index (χ1) is 16.9. The largest absolute Gasteiger partial charge is 0.391 e. The van der Waals surface area contributed by atoms with E-state index in [0.29, 0.717) is 79.9 Å². The van der Waals surface area contributed by atoms with Crippen LogP contribution in [0.4, 0.5) is 10.2 Å². The zero-order valence-electron chi connectivity index (χ0n) is 18.9. The molecule has 0 spiro atoms. The first-order valence-electron chi connectivity index (χ1n) is 11.5. The van der Waals surface area contributed by atoms with Crippen molar-refractivity contribution < 1.29 is 14.3 Å². The van der Waals surface area contributed by atoms with Crippen molar-refractivity contribution in [1.29, 1.82) is 0 Å². The summed E-state index contributed by atoms with van der Waals surface area (Å²) in [5.41, 5.74) is 1.54. The van der Waals surface area contributed by atoms with Gasteiger partial charge in [0, 0.05) is 62.8 Å². The molecule has 2 aliphatic rings. The van der Waals surface area contributed by atoms with Gasteiger partial charge in [-0.25, -0.2) is 14.4 Å². The van der Waals surface area contributed by atoms with Crippen LogP contribution in [0.2, 0.25) is 5.15 Å². The standard InChI is InChI=1S/C23H25ClFN7O3/c24-22-15-1-3-20(34)30-23(15)29-19(28-22)10-26-8-13-11-31(12-18(13)33)5-6-32-17-7-14(25)9-27-16(17)2-4-21(32)35/h2,4,7,9,13,18,26,33H,1,3,5-6,8,10-12H2,(H,28,29,30,34)/t13-,18+/m0/s1. The summed E-state index contributed by atoms with van der Waals surface area (Å²) < 4.78 is 15.2. The number of likely N-dealkylation sites (tertiary alicyclic amines) is 1. The maximum Gasteiger partial charge on any atom is 0.251 e. The molecule has 0 unspecified atom stereocenters. The number of aliphatic hydroxyl groups excluding tert-OH is 1. The molecule has 2 aliphatic heterocycles. The number of halogens is 2. The average Bonchev–Trinajstić information content (AvgIpc) is 3.17. The van der Waals surface area contributed by atoms with Gasteiger partial charge in [-0.2, -0.15) is 0 Å². The highest BCUT2D eigenvalue weighted by Gasteiger charge is 2.31. The van der Waals surface area contributed by atoms with Gasteiger partial charge in [-0.05, 0) is 12.5 Å². The number of rotatable bonds is 7. The van der Waals surface area contributed by atoms with E-state index in [0.717, 1.165) is 11.8 Å². The fourth-order valence-electron chi connectivity index (χ4n) is 4.65. The normalized spacial score (nSPS) is 20.3. The molecule has 184 valence electrons. The number of aliphatic hydroxyl groups is 1. The van der Waals surface area contributed by atoms with E-state index in [9.17, 15) is 19.1 Å². The number of aromatic nitrogens is 4. The van der Waals surface area contributed by atoms with Gasteiger partial charge in [-0.3, -0.25) is 19.5 Å². The maximum absolute atomic E-state index is 13.7. The molecular formula is C23H25ClFN7O3. The Labute approximate surface area is 205 Å². The molecule has 3 N–H and O–H groups in total. The Morgan fingerprint density at radius 1 is 1.20 bits per heavy atom. The number of hydrogen-bond donors (Lipinski definition) is 3. The van der Waals surface area contributed by atoms with Gasteiger partial charge in [0.2, 0.25) is 5.91 Å². The van der Waals surface area contributed by atoms with Crippen LogP contribution in [0.3, 0.4) is 0 Å². The molecule has 10 nitrogen and oxygen atoms in total. The number of carbonyl (C=O) groups excluding carboxylic acids is 1. The predicted molar refractivity (Wildman–Crippen MR) is 128 cm³/mol. The first kappa shape index (κ1) is 23.7. The second-order valence-electron chi connectivity index (χ2n) is 8.90. The summed E-state index contributed by atoms with van der Waals surface area (Å²) in [6, 6.07) is 4.33. The van der Waals surface area contributed by atoms with E-state index in [4.69, 9.17) is 11.6 Å². The molecule has 35 heavy (non-hydrogen) atoms. The number of pyridine rings is 2. The minimum atomic E-state index is -0.529. The number of anilines is 1. The lowest BCUT2D eigenvalue weighted by atomic mass is 10.1. The highest BCUT2D eigenvalue weighted by atomic mass is 35.5. The van der Waals surface area contributed by atoms with Gasteiger partial charge in [-0.1, -0.05) is 11.6 Å². The fraction of sp³-hybridized carbons (Fsp3) is 0.435. The van der Waals surface area contributed by atoms with Crippen molar-refractivity contribution in [2.45, 2.75) is 32.0 Å². The molecule has 2 atom stereocenters. The number of nitrogens with one attached hydrogen (secondary N) is 2. The third-order valence-corrected chi connectivity index (χ3v) is 6.79. The van der Waals surface area contributed by atoms with Crippen molar-refractivity contribution in [2.75, 3.05) is 31.5 Å². The molecule has 1 saturated heterocycles. The van der Waals surface area contributed by atoms with E-state index < -0.39 is 11.9 Å². The molecule has 0 aromatic carbocycles. The van der Waals surface area contributed by atoms with Crippen molar-refractivity contribution in [1.82, 2.24) is 29.7 Å². The second kappa shape index (κ2) is 9.94. The van der Waals surface area contributed by atoms with Crippen LogP contribution in [-0.4, -0.2) is 67.7 Å². The van der Waals surface area contributed by atoms with Crippen molar-refractivity contribution in [3.8, 4) is 0 Å². The summed E-state index contributed by atoms with van der Waals surface area (Å²) in [5, 5.41) is 16.9. The second-order valence-corrected chi connectivity index (χ2v) is 9.26. The van der Waals surface area contributed by atoms with Crippen LogP contribution in [0.1, 0.15) is 17.8 Å². The summed E-state index contributed by atoms with van der Waals surface area (Å²) in [4.78, 5) is 38.9. The molecule has 0 saturated carbocycles. The summed E-state index contributed by atoms with van der Waals surface area (Å²) in [5.74, 6) is 0.324. The van der Waals surface area contributed by atoms with E-state index >= 15 is 0 Å². The monoisotopic (exact) mass is 501 g/mol. The van der Waals surface area contributed by atoms with Gasteiger partial charge in [0.25, 0.3) is 5.56 Å². The minimum absolute atomic E-state index is 0.0221. The highest BCUT2D eigenvalue weighted by molar-refractivity contribution is 6.30. The van der Waals surface area contributed by atoms with Crippen molar-refractivity contribution in [2.24, 2.45) is 5.92 Å². The Morgan fingerprint density at radius 3 is 2.91 bits per heavy atom. The smallest absolute Gasteiger partial charge is 0.251 e. The number of hydrogen-bond acceptors (Lipinski definition) is 8. The number of carbonyl (C=O) groups is 1. The Morgan fingerprint density at radius 2 is 2.06 bits per heavy atom. The molecule has 0 aliphatic carbocycles. The zero-order chi connectivity index (χ0) is 24.5. The molecule has 3 aromatic rings. The molecule has 12 heteroatoms. The average molecular weight is 502 g/mol. The Kier molecular flexibility index (Phi) is 6.74.